The molecule has 6 nitrogen and oxygen atoms in total. The van der Waals surface area contributed by atoms with E-state index in [9.17, 15) is 4.79 Å². The van der Waals surface area contributed by atoms with Gasteiger partial charge in [-0.05, 0) is 31.5 Å². The van der Waals surface area contributed by atoms with Crippen molar-refractivity contribution < 1.29 is 19.0 Å². The maximum Gasteiger partial charge on any atom is 0.220 e. The van der Waals surface area contributed by atoms with Crippen molar-refractivity contribution in [2.24, 2.45) is 5.92 Å². The minimum Gasteiger partial charge on any atom is -0.496 e. The lowest BCUT2D eigenvalue weighted by molar-refractivity contribution is -0.122. The molecule has 0 bridgehead atoms. The molecule has 1 aliphatic heterocycles. The summed E-state index contributed by atoms with van der Waals surface area (Å²) in [5.41, 5.74) is 0.859. The summed E-state index contributed by atoms with van der Waals surface area (Å²) in [4.78, 5) is 12.0. The number of hydrogen-bond acceptors (Lipinski definition) is 5. The molecule has 23 heavy (non-hydrogen) atoms. The Morgan fingerprint density at radius 3 is 2.39 bits per heavy atom. The zero-order chi connectivity index (χ0) is 15.9. The minimum absolute atomic E-state index is 0. The summed E-state index contributed by atoms with van der Waals surface area (Å²) in [6.07, 6.45) is 1.62. The molecule has 0 aromatic heterocycles. The Hall–Kier alpha value is -1.66. The van der Waals surface area contributed by atoms with Crippen molar-refractivity contribution in [1.29, 1.82) is 0 Å². The molecule has 0 spiro atoms. The summed E-state index contributed by atoms with van der Waals surface area (Å²) < 4.78 is 15.9. The predicted octanol–water partition coefficient (Wildman–Crippen LogP) is 1.75. The van der Waals surface area contributed by atoms with Gasteiger partial charge >= 0.3 is 0 Å². The fraction of sp³-hybridized carbons (Fsp3) is 0.562. The SMILES string of the molecule is COc1cc(OC)c(OC)cc1CNC(=O)CC1CCNC1.Cl. The zero-order valence-electron chi connectivity index (χ0n) is 13.8. The summed E-state index contributed by atoms with van der Waals surface area (Å²) in [6, 6.07) is 3.59. The molecule has 2 rings (SSSR count). The molecule has 1 fully saturated rings. The molecule has 1 amide bonds. The Balaban J connectivity index is 0.00000264. The standard InChI is InChI=1S/C16H24N2O4.ClH/c1-20-13-8-15(22-3)14(21-2)7-12(13)10-18-16(19)6-11-4-5-17-9-11;/h7-8,11,17H,4-6,9-10H2,1-3H3,(H,18,19);1H. The predicted molar refractivity (Wildman–Crippen MR) is 90.8 cm³/mol. The lowest BCUT2D eigenvalue weighted by atomic mass is 10.0. The van der Waals surface area contributed by atoms with Gasteiger partial charge in [-0.25, -0.2) is 0 Å². The fourth-order valence-electron chi connectivity index (χ4n) is 2.65. The molecule has 0 saturated carbocycles. The van der Waals surface area contributed by atoms with E-state index in [1.807, 2.05) is 6.07 Å². The summed E-state index contributed by atoms with van der Waals surface area (Å²) in [5, 5.41) is 6.21. The number of rotatable bonds is 7. The first-order valence-corrected chi connectivity index (χ1v) is 7.44. The van der Waals surface area contributed by atoms with Crippen LogP contribution in [0, 0.1) is 5.92 Å². The molecular formula is C16H25ClN2O4. The second-order valence-electron chi connectivity index (χ2n) is 5.36. The van der Waals surface area contributed by atoms with Crippen molar-refractivity contribution in [2.45, 2.75) is 19.4 Å². The van der Waals surface area contributed by atoms with Crippen LogP contribution in [-0.4, -0.2) is 40.3 Å². The van der Waals surface area contributed by atoms with E-state index >= 15 is 0 Å². The number of hydrogen-bond donors (Lipinski definition) is 2. The molecule has 1 aromatic rings. The Kier molecular flexibility index (Phi) is 7.98. The highest BCUT2D eigenvalue weighted by molar-refractivity contribution is 5.85. The Bertz CT molecular complexity index is 519. The quantitative estimate of drug-likeness (QED) is 0.788. The number of ether oxygens (including phenoxy) is 3. The first kappa shape index (κ1) is 19.4. The van der Waals surface area contributed by atoms with Crippen molar-refractivity contribution in [3.05, 3.63) is 17.7 Å². The van der Waals surface area contributed by atoms with Crippen LogP contribution >= 0.6 is 12.4 Å². The van der Waals surface area contributed by atoms with Gasteiger partial charge in [0.15, 0.2) is 11.5 Å². The Morgan fingerprint density at radius 1 is 1.17 bits per heavy atom. The van der Waals surface area contributed by atoms with Gasteiger partial charge < -0.3 is 24.8 Å². The third-order valence-electron chi connectivity index (χ3n) is 3.90. The van der Waals surface area contributed by atoms with Gasteiger partial charge in [-0.2, -0.15) is 0 Å². The van der Waals surface area contributed by atoms with Crippen LogP contribution in [-0.2, 0) is 11.3 Å². The second-order valence-corrected chi connectivity index (χ2v) is 5.36. The lowest BCUT2D eigenvalue weighted by Crippen LogP contribution is -2.26. The van der Waals surface area contributed by atoms with Crippen molar-refractivity contribution in [2.75, 3.05) is 34.4 Å². The molecule has 2 N–H and O–H groups in total. The van der Waals surface area contributed by atoms with Crippen LogP contribution in [0.25, 0.3) is 0 Å². The monoisotopic (exact) mass is 344 g/mol. The van der Waals surface area contributed by atoms with E-state index in [0.717, 1.165) is 25.1 Å². The van der Waals surface area contributed by atoms with Crippen molar-refractivity contribution in [1.82, 2.24) is 10.6 Å². The average Bonchev–Trinajstić information content (AvgIpc) is 3.04. The van der Waals surface area contributed by atoms with Gasteiger partial charge in [0.05, 0.1) is 21.3 Å². The van der Waals surface area contributed by atoms with Crippen molar-refractivity contribution >= 4 is 18.3 Å². The Morgan fingerprint density at radius 2 is 1.83 bits per heavy atom. The van der Waals surface area contributed by atoms with Crippen LogP contribution < -0.4 is 24.8 Å². The maximum absolute atomic E-state index is 12.0. The van der Waals surface area contributed by atoms with Gasteiger partial charge in [-0.15, -0.1) is 12.4 Å². The van der Waals surface area contributed by atoms with Gasteiger partial charge in [0, 0.05) is 24.6 Å². The molecule has 7 heteroatoms. The Labute approximate surface area is 143 Å². The van der Waals surface area contributed by atoms with Gasteiger partial charge in [-0.3, -0.25) is 4.79 Å². The summed E-state index contributed by atoms with van der Waals surface area (Å²) >= 11 is 0. The first-order valence-electron chi connectivity index (χ1n) is 7.44. The number of methoxy groups -OCH3 is 3. The second kappa shape index (κ2) is 9.47. The topological polar surface area (TPSA) is 68.8 Å². The summed E-state index contributed by atoms with van der Waals surface area (Å²) in [5.74, 6) is 2.39. The molecule has 1 atom stereocenters. The number of carbonyl (C=O) groups excluding carboxylic acids is 1. The van der Waals surface area contributed by atoms with E-state index in [2.05, 4.69) is 10.6 Å². The lowest BCUT2D eigenvalue weighted by Gasteiger charge is -2.15. The van der Waals surface area contributed by atoms with E-state index in [1.165, 1.54) is 0 Å². The third kappa shape index (κ3) is 5.18. The van der Waals surface area contributed by atoms with Crippen LogP contribution in [0.3, 0.4) is 0 Å². The van der Waals surface area contributed by atoms with Gasteiger partial charge in [0.1, 0.15) is 5.75 Å². The van der Waals surface area contributed by atoms with E-state index in [-0.39, 0.29) is 18.3 Å². The van der Waals surface area contributed by atoms with Crippen LogP contribution in [0.1, 0.15) is 18.4 Å². The molecule has 1 saturated heterocycles. The third-order valence-corrected chi connectivity index (χ3v) is 3.90. The minimum atomic E-state index is 0. The van der Waals surface area contributed by atoms with Crippen LogP contribution in [0.5, 0.6) is 17.2 Å². The smallest absolute Gasteiger partial charge is 0.220 e. The van der Waals surface area contributed by atoms with Crippen LogP contribution in [0.2, 0.25) is 0 Å². The number of benzene rings is 1. The number of halogens is 1. The van der Waals surface area contributed by atoms with Gasteiger partial charge in [-0.1, -0.05) is 0 Å². The molecule has 0 radical (unpaired) electrons. The van der Waals surface area contributed by atoms with Gasteiger partial charge in [0.25, 0.3) is 0 Å². The molecule has 1 aromatic carbocycles. The molecular weight excluding hydrogens is 320 g/mol. The highest BCUT2D eigenvalue weighted by atomic mass is 35.5. The molecule has 1 heterocycles. The van der Waals surface area contributed by atoms with Crippen molar-refractivity contribution in [3.8, 4) is 17.2 Å². The fourth-order valence-corrected chi connectivity index (χ4v) is 2.65. The van der Waals surface area contributed by atoms with Crippen LogP contribution in [0.15, 0.2) is 12.1 Å². The largest absolute Gasteiger partial charge is 0.496 e. The summed E-state index contributed by atoms with van der Waals surface area (Å²) in [7, 11) is 4.75. The van der Waals surface area contributed by atoms with E-state index in [0.29, 0.717) is 36.1 Å². The van der Waals surface area contributed by atoms with E-state index in [1.54, 1.807) is 27.4 Å². The highest BCUT2D eigenvalue weighted by Crippen LogP contribution is 2.34. The maximum atomic E-state index is 12.0. The number of nitrogens with one attached hydrogen (secondary N) is 2. The van der Waals surface area contributed by atoms with E-state index < -0.39 is 0 Å². The van der Waals surface area contributed by atoms with E-state index in [4.69, 9.17) is 14.2 Å². The zero-order valence-corrected chi connectivity index (χ0v) is 14.6. The number of carbonyl (C=O) groups is 1. The summed E-state index contributed by atoms with van der Waals surface area (Å²) in [6.45, 7) is 2.33. The molecule has 1 aliphatic rings. The highest BCUT2D eigenvalue weighted by Gasteiger charge is 2.18. The van der Waals surface area contributed by atoms with Crippen molar-refractivity contribution in [3.63, 3.8) is 0 Å². The molecule has 130 valence electrons. The average molecular weight is 345 g/mol. The molecule has 1 unspecified atom stereocenters. The first-order chi connectivity index (χ1) is 10.7. The normalized spacial score (nSPS) is 16.4. The van der Waals surface area contributed by atoms with Gasteiger partial charge in [0.2, 0.25) is 5.91 Å². The number of amides is 1. The van der Waals surface area contributed by atoms with Crippen LogP contribution in [0.4, 0.5) is 0 Å². The molecule has 0 aliphatic carbocycles.